The Balaban J connectivity index is 2.89. The number of carbonyl (C=O) groups excluding carboxylic acids is 2. The molecule has 0 amide bonds. The number of carbonyl (C=O) groups is 2. The molecule has 0 aliphatic carbocycles. The first-order chi connectivity index (χ1) is 7.10. The van der Waals surface area contributed by atoms with E-state index in [0.717, 1.165) is 0 Å². The van der Waals surface area contributed by atoms with Crippen LogP contribution in [0, 0.1) is 0 Å². The van der Waals surface area contributed by atoms with Crippen LogP contribution in [-0.4, -0.2) is 26.2 Å². The molecule has 1 heterocycles. The van der Waals surface area contributed by atoms with Crippen LogP contribution >= 0.6 is 0 Å². The van der Waals surface area contributed by atoms with Crippen LogP contribution in [0.5, 0.6) is 0 Å². The topological polar surface area (TPSA) is 65.7 Å². The normalized spacial score (nSPS) is 9.47. The maximum Gasteiger partial charge on any atom is 0.373 e. The van der Waals surface area contributed by atoms with E-state index in [9.17, 15) is 9.59 Å². The van der Waals surface area contributed by atoms with Crippen molar-refractivity contribution in [2.24, 2.45) is 0 Å². The number of hydrogen-bond donors (Lipinski definition) is 0. The highest BCUT2D eigenvalue weighted by atomic mass is 16.5. The molecular formula is C10H10O5. The fraction of sp³-hybridized carbons (Fsp3) is 0.200. The van der Waals surface area contributed by atoms with Crippen LogP contribution in [0.15, 0.2) is 23.1 Å². The third-order valence-corrected chi connectivity index (χ3v) is 1.72. The zero-order valence-electron chi connectivity index (χ0n) is 8.40. The maximum atomic E-state index is 11.1. The van der Waals surface area contributed by atoms with E-state index in [1.807, 2.05) is 0 Å². The summed E-state index contributed by atoms with van der Waals surface area (Å²) in [6, 6.07) is 2.85. The molecule has 80 valence electrons. The zero-order valence-corrected chi connectivity index (χ0v) is 8.40. The minimum absolute atomic E-state index is 0.0116. The molecule has 0 atom stereocenters. The monoisotopic (exact) mass is 210 g/mol. The van der Waals surface area contributed by atoms with Gasteiger partial charge in [0.2, 0.25) is 5.76 Å². The Kier molecular flexibility index (Phi) is 3.28. The Labute approximate surface area is 86.3 Å². The van der Waals surface area contributed by atoms with Crippen molar-refractivity contribution in [3.8, 4) is 0 Å². The molecule has 0 fully saturated rings. The number of furan rings is 1. The molecule has 0 unspecified atom stereocenters. The second-order valence-corrected chi connectivity index (χ2v) is 2.63. The van der Waals surface area contributed by atoms with Gasteiger partial charge in [0.25, 0.3) is 0 Å². The molecule has 15 heavy (non-hydrogen) atoms. The van der Waals surface area contributed by atoms with Gasteiger partial charge in [-0.1, -0.05) is 6.58 Å². The number of methoxy groups -OCH3 is 2. The van der Waals surface area contributed by atoms with E-state index in [1.165, 1.54) is 26.4 Å². The predicted octanol–water partition coefficient (Wildman–Crippen LogP) is 1.25. The molecule has 1 rings (SSSR count). The summed E-state index contributed by atoms with van der Waals surface area (Å²) in [4.78, 5) is 22.1. The zero-order chi connectivity index (χ0) is 11.4. The van der Waals surface area contributed by atoms with E-state index >= 15 is 0 Å². The maximum absolute atomic E-state index is 11.1. The molecule has 0 aromatic carbocycles. The lowest BCUT2D eigenvalue weighted by Crippen LogP contribution is -2.02. The lowest BCUT2D eigenvalue weighted by atomic mass is 10.2. The highest BCUT2D eigenvalue weighted by Crippen LogP contribution is 2.17. The first kappa shape index (κ1) is 11.0. The van der Waals surface area contributed by atoms with Gasteiger partial charge in [-0.3, -0.25) is 0 Å². The standard InChI is InChI=1S/C10H10O5/c1-6(9(11)13-2)7-4-5-8(15-7)10(12)14-3/h4-5H,1H2,2-3H3. The molecule has 5 nitrogen and oxygen atoms in total. The van der Waals surface area contributed by atoms with Gasteiger partial charge in [-0.05, 0) is 12.1 Å². The second kappa shape index (κ2) is 4.45. The Morgan fingerprint density at radius 3 is 2.33 bits per heavy atom. The summed E-state index contributed by atoms with van der Waals surface area (Å²) < 4.78 is 13.9. The summed E-state index contributed by atoms with van der Waals surface area (Å²) in [5, 5.41) is 0. The Morgan fingerprint density at radius 1 is 1.20 bits per heavy atom. The smallest absolute Gasteiger partial charge is 0.373 e. The minimum Gasteiger partial charge on any atom is -0.465 e. The van der Waals surface area contributed by atoms with Gasteiger partial charge in [-0.25, -0.2) is 9.59 Å². The van der Waals surface area contributed by atoms with Crippen molar-refractivity contribution in [3.05, 3.63) is 30.2 Å². The molecule has 0 radical (unpaired) electrons. The van der Waals surface area contributed by atoms with Crippen molar-refractivity contribution < 1.29 is 23.5 Å². The predicted molar refractivity (Wildman–Crippen MR) is 51.1 cm³/mol. The van der Waals surface area contributed by atoms with Gasteiger partial charge in [0.1, 0.15) is 5.76 Å². The number of ether oxygens (including phenoxy) is 2. The van der Waals surface area contributed by atoms with Crippen molar-refractivity contribution in [1.82, 2.24) is 0 Å². The Hall–Kier alpha value is -2.04. The van der Waals surface area contributed by atoms with E-state index < -0.39 is 11.9 Å². The fourth-order valence-electron chi connectivity index (χ4n) is 0.934. The molecule has 0 bridgehead atoms. The summed E-state index contributed by atoms with van der Waals surface area (Å²) >= 11 is 0. The molecule has 0 spiro atoms. The number of esters is 2. The highest BCUT2D eigenvalue weighted by Gasteiger charge is 2.16. The molecule has 1 aromatic rings. The second-order valence-electron chi connectivity index (χ2n) is 2.63. The molecular weight excluding hydrogens is 200 g/mol. The third kappa shape index (κ3) is 2.25. The van der Waals surface area contributed by atoms with Gasteiger partial charge in [-0.15, -0.1) is 0 Å². The van der Waals surface area contributed by atoms with E-state index in [2.05, 4.69) is 16.1 Å². The van der Waals surface area contributed by atoms with Crippen molar-refractivity contribution in [2.75, 3.05) is 14.2 Å². The Morgan fingerprint density at radius 2 is 1.80 bits per heavy atom. The number of hydrogen-bond acceptors (Lipinski definition) is 5. The van der Waals surface area contributed by atoms with Crippen LogP contribution in [0.3, 0.4) is 0 Å². The van der Waals surface area contributed by atoms with Gasteiger partial charge in [0, 0.05) is 0 Å². The van der Waals surface area contributed by atoms with Gasteiger partial charge >= 0.3 is 11.9 Å². The van der Waals surface area contributed by atoms with Crippen molar-refractivity contribution >= 4 is 17.5 Å². The van der Waals surface area contributed by atoms with Gasteiger partial charge in [0.05, 0.1) is 19.8 Å². The van der Waals surface area contributed by atoms with Crippen LogP contribution < -0.4 is 0 Å². The van der Waals surface area contributed by atoms with Crippen LogP contribution in [0.25, 0.3) is 5.57 Å². The first-order valence-corrected chi connectivity index (χ1v) is 4.06. The summed E-state index contributed by atoms with van der Waals surface area (Å²) in [5.41, 5.74) is 0.0488. The molecule has 1 aromatic heterocycles. The largest absolute Gasteiger partial charge is 0.465 e. The van der Waals surface area contributed by atoms with Crippen LogP contribution in [0.4, 0.5) is 0 Å². The lowest BCUT2D eigenvalue weighted by molar-refractivity contribution is -0.133. The average molecular weight is 210 g/mol. The molecule has 0 saturated carbocycles. The van der Waals surface area contributed by atoms with Gasteiger partial charge in [0.15, 0.2) is 0 Å². The highest BCUT2D eigenvalue weighted by molar-refractivity contribution is 6.14. The molecule has 0 aliphatic rings. The minimum atomic E-state index is -0.612. The summed E-state index contributed by atoms with van der Waals surface area (Å²) in [6.07, 6.45) is 0. The van der Waals surface area contributed by atoms with Crippen LogP contribution in [0.2, 0.25) is 0 Å². The van der Waals surface area contributed by atoms with Crippen molar-refractivity contribution in [2.45, 2.75) is 0 Å². The summed E-state index contributed by atoms with van der Waals surface area (Å²) in [6.45, 7) is 3.47. The quantitative estimate of drug-likeness (QED) is 0.555. The molecule has 0 aliphatic heterocycles. The lowest BCUT2D eigenvalue weighted by Gasteiger charge is -1.98. The van der Waals surface area contributed by atoms with Crippen LogP contribution in [-0.2, 0) is 14.3 Å². The molecule has 0 N–H and O–H groups in total. The van der Waals surface area contributed by atoms with E-state index in [-0.39, 0.29) is 17.1 Å². The van der Waals surface area contributed by atoms with Gasteiger partial charge in [-0.2, -0.15) is 0 Å². The average Bonchev–Trinajstić information content (AvgIpc) is 2.75. The van der Waals surface area contributed by atoms with Gasteiger partial charge < -0.3 is 13.9 Å². The molecule has 0 saturated heterocycles. The van der Waals surface area contributed by atoms with Crippen molar-refractivity contribution in [3.63, 3.8) is 0 Å². The summed E-state index contributed by atoms with van der Waals surface area (Å²) in [5.74, 6) is -1.03. The Bertz CT molecular complexity index is 402. The third-order valence-electron chi connectivity index (χ3n) is 1.72. The number of rotatable bonds is 3. The van der Waals surface area contributed by atoms with Crippen molar-refractivity contribution in [1.29, 1.82) is 0 Å². The van der Waals surface area contributed by atoms with Crippen LogP contribution in [0.1, 0.15) is 16.3 Å². The molecule has 5 heteroatoms. The first-order valence-electron chi connectivity index (χ1n) is 4.06. The van der Waals surface area contributed by atoms with E-state index in [1.54, 1.807) is 0 Å². The SMILES string of the molecule is C=C(C(=O)OC)c1ccc(C(=O)OC)o1. The summed E-state index contributed by atoms with van der Waals surface area (Å²) in [7, 11) is 2.47. The fourth-order valence-corrected chi connectivity index (χ4v) is 0.934. The van der Waals surface area contributed by atoms with E-state index in [4.69, 9.17) is 4.42 Å². The van der Waals surface area contributed by atoms with E-state index in [0.29, 0.717) is 0 Å².